The van der Waals surface area contributed by atoms with Crippen molar-refractivity contribution in [3.63, 3.8) is 0 Å². The van der Waals surface area contributed by atoms with Crippen molar-refractivity contribution in [3.05, 3.63) is 18.2 Å². The van der Waals surface area contributed by atoms with Gasteiger partial charge in [-0.2, -0.15) is 0 Å². The molecule has 6 heteroatoms. The number of thioether (sulfide) groups is 1. The van der Waals surface area contributed by atoms with Crippen LogP contribution in [0.5, 0.6) is 0 Å². The molecule has 0 spiro atoms. The molecule has 1 fully saturated rings. The van der Waals surface area contributed by atoms with Crippen molar-refractivity contribution in [1.82, 2.24) is 14.9 Å². The maximum atomic E-state index is 11.7. The van der Waals surface area contributed by atoms with Gasteiger partial charge in [0.05, 0.1) is 6.54 Å². The summed E-state index contributed by atoms with van der Waals surface area (Å²) in [6.45, 7) is 2.81. The van der Waals surface area contributed by atoms with Gasteiger partial charge in [-0.1, -0.05) is 11.8 Å². The Kier molecular flexibility index (Phi) is 3.83. The van der Waals surface area contributed by atoms with E-state index in [0.29, 0.717) is 13.0 Å². The van der Waals surface area contributed by atoms with Gasteiger partial charge in [0, 0.05) is 38.0 Å². The number of imidazole rings is 1. The maximum Gasteiger partial charge on any atom is 0.223 e. The Labute approximate surface area is 104 Å². The van der Waals surface area contributed by atoms with E-state index in [1.165, 1.54) is 11.8 Å². The molecule has 0 aromatic carbocycles. The molecule has 1 unspecified atom stereocenters. The van der Waals surface area contributed by atoms with E-state index in [1.54, 1.807) is 24.2 Å². The highest BCUT2D eigenvalue weighted by atomic mass is 32.2. The van der Waals surface area contributed by atoms with Crippen molar-refractivity contribution < 1.29 is 9.59 Å². The minimum atomic E-state index is 0.113. The van der Waals surface area contributed by atoms with Crippen LogP contribution < -0.4 is 0 Å². The largest absolute Gasteiger partial charge is 0.347 e. The Bertz CT molecular complexity index is 405. The fourth-order valence-corrected chi connectivity index (χ4v) is 2.61. The quantitative estimate of drug-likeness (QED) is 0.870. The van der Waals surface area contributed by atoms with Crippen molar-refractivity contribution in [1.29, 1.82) is 0 Å². The predicted molar refractivity (Wildman–Crippen MR) is 65.3 cm³/mol. The lowest BCUT2D eigenvalue weighted by atomic mass is 10.1. The molecule has 1 aromatic heterocycles. The average Bonchev–Trinajstić information content (AvgIpc) is 2.87. The summed E-state index contributed by atoms with van der Waals surface area (Å²) < 4.78 is 0. The Morgan fingerprint density at radius 3 is 3.18 bits per heavy atom. The summed E-state index contributed by atoms with van der Waals surface area (Å²) in [5, 5.41) is 0.113. The van der Waals surface area contributed by atoms with Crippen LogP contribution in [0, 0.1) is 5.92 Å². The molecule has 0 aliphatic carbocycles. The van der Waals surface area contributed by atoms with Gasteiger partial charge in [-0.05, 0) is 5.92 Å². The molecule has 92 valence electrons. The maximum absolute atomic E-state index is 11.7. The second kappa shape index (κ2) is 5.35. The molecule has 0 radical (unpaired) electrons. The van der Waals surface area contributed by atoms with Crippen LogP contribution in [0.1, 0.15) is 19.2 Å². The number of amides is 1. The molecule has 5 nitrogen and oxygen atoms in total. The van der Waals surface area contributed by atoms with Gasteiger partial charge in [0.2, 0.25) is 5.91 Å². The van der Waals surface area contributed by atoms with Gasteiger partial charge < -0.3 is 9.88 Å². The second-order valence-electron chi connectivity index (χ2n) is 4.18. The molecular formula is C11H15N3O2S. The number of H-pyrrole nitrogens is 1. The highest BCUT2D eigenvalue weighted by molar-refractivity contribution is 8.13. The van der Waals surface area contributed by atoms with Gasteiger partial charge in [-0.25, -0.2) is 4.98 Å². The smallest absolute Gasteiger partial charge is 0.223 e. The fraction of sp³-hybridized carbons (Fsp3) is 0.545. The van der Waals surface area contributed by atoms with Crippen LogP contribution in [0.3, 0.4) is 0 Å². The lowest BCUT2D eigenvalue weighted by Crippen LogP contribution is -2.25. The van der Waals surface area contributed by atoms with Crippen molar-refractivity contribution in [2.45, 2.75) is 19.9 Å². The number of rotatable bonds is 4. The molecule has 0 bridgehead atoms. The van der Waals surface area contributed by atoms with Crippen molar-refractivity contribution in [2.24, 2.45) is 5.92 Å². The van der Waals surface area contributed by atoms with Gasteiger partial charge in [0.1, 0.15) is 5.82 Å². The van der Waals surface area contributed by atoms with Crippen LogP contribution in [0.4, 0.5) is 0 Å². The van der Waals surface area contributed by atoms with Crippen LogP contribution in [-0.2, 0) is 16.1 Å². The first-order valence-corrected chi connectivity index (χ1v) is 6.53. The van der Waals surface area contributed by atoms with E-state index in [-0.39, 0.29) is 16.9 Å². The number of nitrogens with zero attached hydrogens (tertiary/aromatic N) is 2. The van der Waals surface area contributed by atoms with E-state index in [4.69, 9.17) is 0 Å². The zero-order valence-electron chi connectivity index (χ0n) is 9.68. The molecule has 0 saturated carbocycles. The van der Waals surface area contributed by atoms with Gasteiger partial charge in [-0.15, -0.1) is 0 Å². The summed E-state index contributed by atoms with van der Waals surface area (Å²) in [6, 6.07) is 0. The number of hydrogen-bond donors (Lipinski definition) is 1. The molecule has 1 atom stereocenters. The number of carbonyl (C=O) groups is 2. The number of hydrogen-bond acceptors (Lipinski definition) is 4. The van der Waals surface area contributed by atoms with E-state index in [9.17, 15) is 9.59 Å². The fourth-order valence-electron chi connectivity index (χ4n) is 1.92. The molecule has 1 saturated heterocycles. The van der Waals surface area contributed by atoms with Gasteiger partial charge >= 0.3 is 0 Å². The van der Waals surface area contributed by atoms with Gasteiger partial charge in [0.15, 0.2) is 5.12 Å². The normalized spacial score (nSPS) is 19.9. The summed E-state index contributed by atoms with van der Waals surface area (Å²) in [7, 11) is 0. The lowest BCUT2D eigenvalue weighted by Gasteiger charge is -2.14. The minimum absolute atomic E-state index is 0.113. The Morgan fingerprint density at radius 2 is 2.53 bits per heavy atom. The van der Waals surface area contributed by atoms with E-state index in [0.717, 1.165) is 18.1 Å². The second-order valence-corrected chi connectivity index (χ2v) is 5.38. The van der Waals surface area contributed by atoms with Crippen LogP contribution in [-0.4, -0.2) is 38.2 Å². The first kappa shape index (κ1) is 12.2. The SMILES string of the molecule is CC(=O)SCC1CC(=O)N(Cc2ncc[nH]2)C1. The van der Waals surface area contributed by atoms with Crippen molar-refractivity contribution >= 4 is 22.8 Å². The summed E-state index contributed by atoms with van der Waals surface area (Å²) in [4.78, 5) is 31.5. The third-order valence-electron chi connectivity index (χ3n) is 2.71. The third kappa shape index (κ3) is 3.33. The summed E-state index contributed by atoms with van der Waals surface area (Å²) in [5.74, 6) is 1.97. The van der Waals surface area contributed by atoms with Crippen molar-refractivity contribution in [3.8, 4) is 0 Å². The molecular weight excluding hydrogens is 238 g/mol. The first-order chi connectivity index (χ1) is 8.15. The number of nitrogens with one attached hydrogen (secondary N) is 1. The number of aromatic nitrogens is 2. The van der Waals surface area contributed by atoms with Crippen LogP contribution in [0.2, 0.25) is 0 Å². The highest BCUT2D eigenvalue weighted by Crippen LogP contribution is 2.23. The molecule has 1 aliphatic heterocycles. The molecule has 2 heterocycles. The van der Waals surface area contributed by atoms with Crippen molar-refractivity contribution in [2.75, 3.05) is 12.3 Å². The van der Waals surface area contributed by atoms with E-state index in [1.807, 2.05) is 0 Å². The zero-order chi connectivity index (χ0) is 12.3. The number of aromatic amines is 1. The van der Waals surface area contributed by atoms with Gasteiger partial charge in [-0.3, -0.25) is 9.59 Å². The predicted octanol–water partition coefficient (Wildman–Crippen LogP) is 1.04. The highest BCUT2D eigenvalue weighted by Gasteiger charge is 2.29. The number of likely N-dealkylation sites (tertiary alicyclic amines) is 1. The Morgan fingerprint density at radius 1 is 1.71 bits per heavy atom. The molecule has 2 rings (SSSR count). The van der Waals surface area contributed by atoms with Crippen LogP contribution in [0.25, 0.3) is 0 Å². The lowest BCUT2D eigenvalue weighted by molar-refractivity contribution is -0.128. The molecule has 1 aliphatic rings. The Hall–Kier alpha value is -1.30. The number of carbonyl (C=O) groups excluding carboxylic acids is 2. The van der Waals surface area contributed by atoms with E-state index < -0.39 is 0 Å². The first-order valence-electron chi connectivity index (χ1n) is 5.54. The van der Waals surface area contributed by atoms with E-state index in [2.05, 4.69) is 9.97 Å². The standard InChI is InChI=1S/C11H15N3O2S/c1-8(15)17-7-9-4-11(16)14(5-9)6-10-12-2-3-13-10/h2-3,9H,4-7H2,1H3,(H,12,13). The monoisotopic (exact) mass is 253 g/mol. The summed E-state index contributed by atoms with van der Waals surface area (Å²) >= 11 is 1.30. The third-order valence-corrected chi connectivity index (χ3v) is 3.76. The van der Waals surface area contributed by atoms with Gasteiger partial charge in [0.25, 0.3) is 0 Å². The molecule has 1 N–H and O–H groups in total. The Balaban J connectivity index is 1.85. The molecule has 1 aromatic rings. The average molecular weight is 253 g/mol. The zero-order valence-corrected chi connectivity index (χ0v) is 10.5. The molecule has 1 amide bonds. The minimum Gasteiger partial charge on any atom is -0.347 e. The van der Waals surface area contributed by atoms with E-state index >= 15 is 0 Å². The van der Waals surface area contributed by atoms with Crippen LogP contribution >= 0.6 is 11.8 Å². The summed E-state index contributed by atoms with van der Waals surface area (Å²) in [5.41, 5.74) is 0. The van der Waals surface area contributed by atoms with Crippen LogP contribution in [0.15, 0.2) is 12.4 Å². The topological polar surface area (TPSA) is 66.1 Å². The summed E-state index contributed by atoms with van der Waals surface area (Å²) in [6.07, 6.45) is 3.97. The molecule has 17 heavy (non-hydrogen) atoms.